The van der Waals surface area contributed by atoms with Gasteiger partial charge in [0.15, 0.2) is 11.4 Å². The van der Waals surface area contributed by atoms with Gasteiger partial charge in [0.1, 0.15) is 0 Å². The summed E-state index contributed by atoms with van der Waals surface area (Å²) in [6.45, 7) is 1.13. The van der Waals surface area contributed by atoms with Crippen molar-refractivity contribution in [3.63, 3.8) is 0 Å². The number of thiophene rings is 1. The molecule has 1 aliphatic rings. The molecule has 5 rings (SSSR count). The second-order valence-electron chi connectivity index (χ2n) is 7.78. The minimum atomic E-state index is 0.169. The first-order chi connectivity index (χ1) is 14.7. The van der Waals surface area contributed by atoms with E-state index in [1.165, 1.54) is 12.8 Å². The molecule has 0 saturated carbocycles. The minimum absolute atomic E-state index is 0.169. The Hall–Kier alpha value is -2.90. The number of aromatic nitrogens is 4. The van der Waals surface area contributed by atoms with Crippen LogP contribution in [-0.2, 0) is 0 Å². The van der Waals surface area contributed by atoms with E-state index < -0.39 is 0 Å². The highest BCUT2D eigenvalue weighted by molar-refractivity contribution is 7.13. The highest BCUT2D eigenvalue weighted by atomic mass is 32.1. The number of hydrogen-bond acceptors (Lipinski definition) is 6. The third kappa shape index (κ3) is 3.66. The van der Waals surface area contributed by atoms with Crippen molar-refractivity contribution < 1.29 is 4.79 Å². The zero-order valence-electron chi connectivity index (χ0n) is 16.9. The fourth-order valence-electron chi connectivity index (χ4n) is 4.15. The summed E-state index contributed by atoms with van der Waals surface area (Å²) in [6.07, 6.45) is 9.27. The number of nitrogens with zero attached hydrogens (tertiary/aromatic N) is 5. The van der Waals surface area contributed by atoms with Crippen LogP contribution in [0.15, 0.2) is 54.3 Å². The van der Waals surface area contributed by atoms with Crippen molar-refractivity contribution in [3.05, 3.63) is 59.9 Å². The summed E-state index contributed by atoms with van der Waals surface area (Å²) >= 11 is 1.66. The van der Waals surface area contributed by atoms with E-state index in [0.29, 0.717) is 18.0 Å². The smallest absolute Gasteiger partial charge is 0.165 e. The number of ketones is 1. The Kier molecular flexibility index (Phi) is 5.14. The van der Waals surface area contributed by atoms with Crippen LogP contribution in [0.2, 0.25) is 0 Å². The second-order valence-corrected chi connectivity index (χ2v) is 8.73. The van der Waals surface area contributed by atoms with Crippen molar-refractivity contribution in [3.8, 4) is 21.8 Å². The van der Waals surface area contributed by atoms with Gasteiger partial charge in [0, 0.05) is 30.4 Å². The number of Topliss-reactive ketones (excluding diaryl/α,β-unsaturated/α-hetero) is 1. The third-order valence-corrected chi connectivity index (χ3v) is 6.77. The molecule has 0 unspecified atom stereocenters. The van der Waals surface area contributed by atoms with Crippen LogP contribution < -0.4 is 0 Å². The molecule has 0 spiro atoms. The van der Waals surface area contributed by atoms with E-state index in [1.54, 1.807) is 34.3 Å². The van der Waals surface area contributed by atoms with Crippen molar-refractivity contribution >= 4 is 22.8 Å². The molecule has 1 fully saturated rings. The molecule has 4 aromatic rings. The lowest BCUT2D eigenvalue weighted by Gasteiger charge is -2.18. The van der Waals surface area contributed by atoms with Crippen molar-refractivity contribution in [2.24, 2.45) is 0 Å². The molecule has 5 heterocycles. The van der Waals surface area contributed by atoms with E-state index in [1.807, 2.05) is 29.8 Å². The summed E-state index contributed by atoms with van der Waals surface area (Å²) < 4.78 is 1.75. The zero-order chi connectivity index (χ0) is 20.5. The van der Waals surface area contributed by atoms with Gasteiger partial charge in [-0.15, -0.1) is 11.3 Å². The summed E-state index contributed by atoms with van der Waals surface area (Å²) in [5.74, 6) is 0.169. The van der Waals surface area contributed by atoms with Gasteiger partial charge in [0.05, 0.1) is 28.0 Å². The maximum Gasteiger partial charge on any atom is 0.165 e. The number of carbonyl (C=O) groups is 1. The van der Waals surface area contributed by atoms with E-state index in [0.717, 1.165) is 40.4 Å². The molecule has 0 bridgehead atoms. The summed E-state index contributed by atoms with van der Waals surface area (Å²) in [5.41, 5.74) is 3.91. The average molecular weight is 418 g/mol. The predicted octanol–water partition coefficient (Wildman–Crippen LogP) is 4.58. The molecule has 0 aromatic carbocycles. The van der Waals surface area contributed by atoms with Gasteiger partial charge in [-0.2, -0.15) is 5.10 Å². The lowest BCUT2D eigenvalue weighted by molar-refractivity contribution is 0.0970. The molecule has 7 heteroatoms. The monoisotopic (exact) mass is 417 g/mol. The average Bonchev–Trinajstić information content (AvgIpc) is 3.52. The molecule has 0 radical (unpaired) electrons. The Morgan fingerprint density at radius 2 is 2.20 bits per heavy atom. The minimum Gasteiger partial charge on any atom is -0.303 e. The summed E-state index contributed by atoms with van der Waals surface area (Å²) in [4.78, 5) is 25.6. The maximum atomic E-state index is 12.8. The largest absolute Gasteiger partial charge is 0.303 e. The fourth-order valence-corrected chi connectivity index (χ4v) is 4.84. The molecular weight excluding hydrogens is 394 g/mol. The van der Waals surface area contributed by atoms with Gasteiger partial charge in [0.2, 0.25) is 0 Å². The Morgan fingerprint density at radius 3 is 3.00 bits per heavy atom. The number of carbonyl (C=O) groups excluding carboxylic acids is 1. The SMILES string of the molecule is CN1CCC[C@H]1CCC(=O)c1ccnc(-c2cnn3ccc(-c4cccs4)nc23)c1. The Labute approximate surface area is 179 Å². The number of pyridine rings is 1. The summed E-state index contributed by atoms with van der Waals surface area (Å²) in [7, 11) is 2.15. The third-order valence-electron chi connectivity index (χ3n) is 5.88. The molecule has 4 aromatic heterocycles. The second kappa shape index (κ2) is 8.08. The molecule has 0 aliphatic carbocycles. The lowest BCUT2D eigenvalue weighted by Crippen LogP contribution is -2.25. The molecule has 30 heavy (non-hydrogen) atoms. The molecule has 152 valence electrons. The molecule has 0 N–H and O–H groups in total. The van der Waals surface area contributed by atoms with E-state index in [2.05, 4.69) is 28.1 Å². The molecule has 6 nitrogen and oxygen atoms in total. The molecule has 1 aliphatic heterocycles. The van der Waals surface area contributed by atoms with E-state index in [-0.39, 0.29) is 5.78 Å². The lowest BCUT2D eigenvalue weighted by atomic mass is 10.0. The van der Waals surface area contributed by atoms with Crippen LogP contribution in [0.4, 0.5) is 0 Å². The summed E-state index contributed by atoms with van der Waals surface area (Å²) in [6, 6.07) is 10.2. The van der Waals surface area contributed by atoms with Crippen LogP contribution in [0.5, 0.6) is 0 Å². The van der Waals surface area contributed by atoms with Crippen LogP contribution in [0.25, 0.3) is 27.5 Å². The fraction of sp³-hybridized carbons (Fsp3) is 0.304. The van der Waals surface area contributed by atoms with Gasteiger partial charge >= 0.3 is 0 Å². The van der Waals surface area contributed by atoms with Gasteiger partial charge in [-0.05, 0) is 62.5 Å². The first-order valence-corrected chi connectivity index (χ1v) is 11.1. The summed E-state index contributed by atoms with van der Waals surface area (Å²) in [5, 5.41) is 6.46. The van der Waals surface area contributed by atoms with Crippen LogP contribution in [0.1, 0.15) is 36.0 Å². The normalized spacial score (nSPS) is 17.0. The maximum absolute atomic E-state index is 12.8. The Bertz CT molecular complexity index is 1180. The number of hydrogen-bond donors (Lipinski definition) is 0. The number of rotatable bonds is 6. The van der Waals surface area contributed by atoms with Crippen molar-refractivity contribution in [2.75, 3.05) is 13.6 Å². The molecule has 1 atom stereocenters. The number of likely N-dealkylation sites (tertiary alicyclic amines) is 1. The van der Waals surface area contributed by atoms with Crippen LogP contribution >= 0.6 is 11.3 Å². The predicted molar refractivity (Wildman–Crippen MR) is 119 cm³/mol. The van der Waals surface area contributed by atoms with Crippen LogP contribution in [0.3, 0.4) is 0 Å². The van der Waals surface area contributed by atoms with Gasteiger partial charge in [-0.1, -0.05) is 6.07 Å². The van der Waals surface area contributed by atoms with Crippen LogP contribution in [0, 0.1) is 0 Å². The number of fused-ring (bicyclic) bond motifs is 1. The molecule has 1 saturated heterocycles. The molecular formula is C23H23N5OS. The first kappa shape index (κ1) is 19.1. The van der Waals surface area contributed by atoms with E-state index in [4.69, 9.17) is 4.98 Å². The van der Waals surface area contributed by atoms with Crippen molar-refractivity contribution in [1.29, 1.82) is 0 Å². The highest BCUT2D eigenvalue weighted by Crippen LogP contribution is 2.27. The van der Waals surface area contributed by atoms with Gasteiger partial charge in [-0.3, -0.25) is 9.78 Å². The topological polar surface area (TPSA) is 63.4 Å². The van der Waals surface area contributed by atoms with Crippen molar-refractivity contribution in [1.82, 2.24) is 24.5 Å². The van der Waals surface area contributed by atoms with Gasteiger partial charge in [-0.25, -0.2) is 9.50 Å². The zero-order valence-corrected chi connectivity index (χ0v) is 17.7. The first-order valence-electron chi connectivity index (χ1n) is 10.3. The van der Waals surface area contributed by atoms with E-state index in [9.17, 15) is 4.79 Å². The van der Waals surface area contributed by atoms with Crippen LogP contribution in [-0.4, -0.2) is 49.9 Å². The Morgan fingerprint density at radius 1 is 1.27 bits per heavy atom. The highest BCUT2D eigenvalue weighted by Gasteiger charge is 2.22. The standard InChI is InChI=1S/C23H23N5OS/c1-27-11-2-4-17(27)6-7-21(29)16-8-10-24-20(14-16)18-15-25-28-12-9-19(26-23(18)28)22-5-3-13-30-22/h3,5,8-10,12-15,17H,2,4,6-7,11H2,1H3/t17-/m0/s1. The van der Waals surface area contributed by atoms with Crippen molar-refractivity contribution in [2.45, 2.75) is 31.7 Å². The molecule has 0 amide bonds. The quantitative estimate of drug-likeness (QED) is 0.430. The van der Waals surface area contributed by atoms with Gasteiger partial charge < -0.3 is 4.90 Å². The Balaban J connectivity index is 1.41. The van der Waals surface area contributed by atoms with Gasteiger partial charge in [0.25, 0.3) is 0 Å². The van der Waals surface area contributed by atoms with E-state index >= 15 is 0 Å².